The second-order valence-electron chi connectivity index (χ2n) is 4.52. The molecule has 0 bridgehead atoms. The van der Waals surface area contributed by atoms with E-state index in [0.717, 1.165) is 17.8 Å². The minimum atomic E-state index is 0.419. The molecule has 5 nitrogen and oxygen atoms in total. The minimum absolute atomic E-state index is 0.419. The van der Waals surface area contributed by atoms with Gasteiger partial charge < -0.3 is 5.73 Å². The van der Waals surface area contributed by atoms with Gasteiger partial charge in [0.05, 0.1) is 17.3 Å². The third-order valence-electron chi connectivity index (χ3n) is 3.25. The van der Waals surface area contributed by atoms with Crippen molar-refractivity contribution >= 4 is 28.7 Å². The van der Waals surface area contributed by atoms with Crippen LogP contribution in [0.15, 0.2) is 30.6 Å². The maximum Gasteiger partial charge on any atom is 0.202 e. The quantitative estimate of drug-likeness (QED) is 0.804. The Morgan fingerprint density at radius 3 is 3.00 bits per heavy atom. The molecule has 0 spiro atoms. The Morgan fingerprint density at radius 2 is 2.20 bits per heavy atom. The number of halogens is 1. The van der Waals surface area contributed by atoms with Crippen LogP contribution in [0.4, 0.5) is 5.95 Å². The SMILES string of the molecule is CCc1cccnc1Cn1c(N)nc2cc(Cl)cnc21. The fourth-order valence-corrected chi connectivity index (χ4v) is 2.40. The first-order chi connectivity index (χ1) is 9.69. The summed E-state index contributed by atoms with van der Waals surface area (Å²) in [7, 11) is 0. The Bertz CT molecular complexity index is 765. The zero-order valence-electron chi connectivity index (χ0n) is 11.0. The molecule has 3 heterocycles. The lowest BCUT2D eigenvalue weighted by Gasteiger charge is -2.09. The maximum atomic E-state index is 5.98. The summed E-state index contributed by atoms with van der Waals surface area (Å²) in [4.78, 5) is 13.0. The first-order valence-corrected chi connectivity index (χ1v) is 6.77. The summed E-state index contributed by atoms with van der Waals surface area (Å²) in [5, 5.41) is 0.550. The van der Waals surface area contributed by atoms with Gasteiger partial charge in [0.25, 0.3) is 0 Å². The predicted molar refractivity (Wildman–Crippen MR) is 79.7 cm³/mol. The third kappa shape index (κ3) is 2.20. The van der Waals surface area contributed by atoms with Crippen LogP contribution in [0.3, 0.4) is 0 Å². The summed E-state index contributed by atoms with van der Waals surface area (Å²) >= 11 is 5.92. The molecule has 0 saturated heterocycles. The van der Waals surface area contributed by atoms with E-state index >= 15 is 0 Å². The summed E-state index contributed by atoms with van der Waals surface area (Å²) in [5.41, 5.74) is 9.58. The smallest absolute Gasteiger partial charge is 0.202 e. The van der Waals surface area contributed by atoms with Crippen LogP contribution in [0.5, 0.6) is 0 Å². The van der Waals surface area contributed by atoms with E-state index in [1.807, 2.05) is 10.6 Å². The molecule has 3 aromatic heterocycles. The van der Waals surface area contributed by atoms with Gasteiger partial charge in [0.1, 0.15) is 5.52 Å². The van der Waals surface area contributed by atoms with Crippen LogP contribution in [0.25, 0.3) is 11.2 Å². The normalized spacial score (nSPS) is 11.1. The van der Waals surface area contributed by atoms with E-state index in [1.54, 1.807) is 18.5 Å². The number of fused-ring (bicyclic) bond motifs is 1. The highest BCUT2D eigenvalue weighted by Crippen LogP contribution is 2.21. The number of hydrogen-bond acceptors (Lipinski definition) is 4. The molecule has 3 rings (SSSR count). The summed E-state index contributed by atoms with van der Waals surface area (Å²) < 4.78 is 1.85. The predicted octanol–water partition coefficient (Wildman–Crippen LogP) is 2.67. The molecule has 6 heteroatoms. The molecule has 0 aromatic carbocycles. The zero-order valence-corrected chi connectivity index (χ0v) is 11.8. The second-order valence-corrected chi connectivity index (χ2v) is 4.95. The van der Waals surface area contributed by atoms with Gasteiger partial charge in [-0.2, -0.15) is 0 Å². The molecule has 0 amide bonds. The molecule has 0 unspecified atom stereocenters. The number of hydrogen-bond donors (Lipinski definition) is 1. The molecule has 0 fully saturated rings. The van der Waals surface area contributed by atoms with Crippen molar-refractivity contribution in [1.82, 2.24) is 19.5 Å². The van der Waals surface area contributed by atoms with Gasteiger partial charge in [0.15, 0.2) is 5.65 Å². The number of rotatable bonds is 3. The Hall–Kier alpha value is -2.14. The zero-order chi connectivity index (χ0) is 14.1. The molecule has 3 aromatic rings. The van der Waals surface area contributed by atoms with Crippen molar-refractivity contribution in [2.75, 3.05) is 5.73 Å². The number of nitrogens with two attached hydrogens (primary N) is 1. The number of aromatic nitrogens is 4. The fourth-order valence-electron chi connectivity index (χ4n) is 2.25. The summed E-state index contributed by atoms with van der Waals surface area (Å²) in [5.74, 6) is 0.419. The van der Waals surface area contributed by atoms with Gasteiger partial charge in [-0.3, -0.25) is 9.55 Å². The van der Waals surface area contributed by atoms with Gasteiger partial charge in [0, 0.05) is 12.4 Å². The van der Waals surface area contributed by atoms with Crippen LogP contribution >= 0.6 is 11.6 Å². The minimum Gasteiger partial charge on any atom is -0.369 e. The average molecular weight is 288 g/mol. The summed E-state index contributed by atoms with van der Waals surface area (Å²) in [6, 6.07) is 5.77. The monoisotopic (exact) mass is 287 g/mol. The van der Waals surface area contributed by atoms with E-state index in [0.29, 0.717) is 23.0 Å². The second kappa shape index (κ2) is 5.09. The molecule has 0 atom stereocenters. The molecule has 102 valence electrons. The van der Waals surface area contributed by atoms with Crippen LogP contribution in [-0.2, 0) is 13.0 Å². The van der Waals surface area contributed by atoms with E-state index < -0.39 is 0 Å². The van der Waals surface area contributed by atoms with Crippen LogP contribution in [-0.4, -0.2) is 19.5 Å². The van der Waals surface area contributed by atoms with Crippen molar-refractivity contribution in [3.8, 4) is 0 Å². The lowest BCUT2D eigenvalue weighted by Crippen LogP contribution is -2.08. The van der Waals surface area contributed by atoms with Gasteiger partial charge in [-0.25, -0.2) is 9.97 Å². The lowest BCUT2D eigenvalue weighted by molar-refractivity contribution is 0.785. The van der Waals surface area contributed by atoms with E-state index in [1.165, 1.54) is 5.56 Å². The Kier molecular flexibility index (Phi) is 3.28. The molecule has 0 aliphatic heterocycles. The van der Waals surface area contributed by atoms with Crippen molar-refractivity contribution in [3.63, 3.8) is 0 Å². The molecule has 0 radical (unpaired) electrons. The number of pyridine rings is 2. The van der Waals surface area contributed by atoms with Crippen molar-refractivity contribution in [2.45, 2.75) is 19.9 Å². The number of anilines is 1. The van der Waals surface area contributed by atoms with E-state index in [4.69, 9.17) is 17.3 Å². The van der Waals surface area contributed by atoms with Gasteiger partial charge >= 0.3 is 0 Å². The molecular formula is C14H14ClN5. The van der Waals surface area contributed by atoms with Crippen LogP contribution in [0.2, 0.25) is 5.02 Å². The van der Waals surface area contributed by atoms with Crippen LogP contribution in [0.1, 0.15) is 18.2 Å². The standard InChI is InChI=1S/C14H14ClN5/c1-2-9-4-3-5-17-12(9)8-20-13-11(19-14(20)16)6-10(15)7-18-13/h3-7H,2,8H2,1H3,(H2,16,19). The van der Waals surface area contributed by atoms with Crippen LogP contribution in [0, 0.1) is 0 Å². The van der Waals surface area contributed by atoms with Gasteiger partial charge in [-0.05, 0) is 24.1 Å². The number of nitrogen functional groups attached to an aromatic ring is 1. The largest absolute Gasteiger partial charge is 0.369 e. The Balaban J connectivity index is 2.08. The first kappa shape index (κ1) is 12.9. The highest BCUT2D eigenvalue weighted by molar-refractivity contribution is 6.31. The summed E-state index contributed by atoms with van der Waals surface area (Å²) in [6.07, 6.45) is 4.31. The molecule has 20 heavy (non-hydrogen) atoms. The lowest BCUT2D eigenvalue weighted by atomic mass is 10.1. The molecule has 0 aliphatic carbocycles. The van der Waals surface area contributed by atoms with Crippen molar-refractivity contribution in [3.05, 3.63) is 46.9 Å². The molecule has 0 saturated carbocycles. The summed E-state index contributed by atoms with van der Waals surface area (Å²) in [6.45, 7) is 2.66. The number of aryl methyl sites for hydroxylation is 1. The molecular weight excluding hydrogens is 274 g/mol. The van der Waals surface area contributed by atoms with Crippen molar-refractivity contribution < 1.29 is 0 Å². The molecule has 2 N–H and O–H groups in total. The Morgan fingerprint density at radius 1 is 1.35 bits per heavy atom. The van der Waals surface area contributed by atoms with Crippen LogP contribution < -0.4 is 5.73 Å². The Labute approximate surface area is 121 Å². The maximum absolute atomic E-state index is 5.98. The third-order valence-corrected chi connectivity index (χ3v) is 3.46. The number of nitrogens with zero attached hydrogens (tertiary/aromatic N) is 4. The molecule has 0 aliphatic rings. The van der Waals surface area contributed by atoms with Gasteiger partial charge in [0.2, 0.25) is 5.95 Å². The van der Waals surface area contributed by atoms with E-state index in [2.05, 4.69) is 27.9 Å². The topological polar surface area (TPSA) is 69.6 Å². The average Bonchev–Trinajstić information content (AvgIpc) is 2.75. The van der Waals surface area contributed by atoms with E-state index in [9.17, 15) is 0 Å². The highest BCUT2D eigenvalue weighted by Gasteiger charge is 2.12. The van der Waals surface area contributed by atoms with Gasteiger partial charge in [-0.1, -0.05) is 24.6 Å². The van der Waals surface area contributed by atoms with Crippen molar-refractivity contribution in [2.24, 2.45) is 0 Å². The highest BCUT2D eigenvalue weighted by atomic mass is 35.5. The first-order valence-electron chi connectivity index (χ1n) is 6.39. The van der Waals surface area contributed by atoms with Gasteiger partial charge in [-0.15, -0.1) is 0 Å². The van der Waals surface area contributed by atoms with E-state index in [-0.39, 0.29) is 0 Å². The van der Waals surface area contributed by atoms with Crippen molar-refractivity contribution in [1.29, 1.82) is 0 Å². The fraction of sp³-hybridized carbons (Fsp3) is 0.214. The number of imidazole rings is 1.